The number of anilines is 1. The van der Waals surface area contributed by atoms with E-state index >= 15 is 0 Å². The smallest absolute Gasteiger partial charge is 0.264 e. The Labute approximate surface area is 186 Å². The number of benzene rings is 1. The molecule has 0 aliphatic carbocycles. The van der Waals surface area contributed by atoms with E-state index in [9.17, 15) is 14.9 Å². The summed E-state index contributed by atoms with van der Waals surface area (Å²) in [6.45, 7) is 8.08. The van der Waals surface area contributed by atoms with Gasteiger partial charge in [-0.05, 0) is 41.5 Å². The third-order valence-electron chi connectivity index (χ3n) is 6.23. The van der Waals surface area contributed by atoms with Crippen LogP contribution in [-0.2, 0) is 19.5 Å². The molecule has 1 aromatic heterocycles. The Hall–Kier alpha value is -4.11. The minimum Gasteiger partial charge on any atom is -0.320 e. The summed E-state index contributed by atoms with van der Waals surface area (Å²) in [4.78, 5) is 27.1. The average Bonchev–Trinajstić information content (AvgIpc) is 3.03. The SMILES string of the molecule is C=c1n(C)c(=O)c(=C/C=C/C(C#N)=C2/C=CN3C(=C2)C(C)(C)c2ccccc23)c(=O)n1C. The molecular formula is C26H24N4O2. The lowest BCUT2D eigenvalue weighted by atomic mass is 9.82. The molecule has 0 unspecified atom stereocenters. The standard InChI is InChI=1S/C26H24N4O2/c1-17-28(4)24(31)20(25(32)29(17)5)10-8-9-19(16-27)18-13-14-30-22-12-7-6-11-21(22)26(2,3)23(30)15-18/h6-15H,1H2,2-5H3/b9-8+,19-18+. The van der Waals surface area contributed by atoms with E-state index in [2.05, 4.69) is 43.5 Å². The molecule has 0 radical (unpaired) electrons. The second-order valence-electron chi connectivity index (χ2n) is 8.42. The highest BCUT2D eigenvalue weighted by Gasteiger charge is 2.40. The number of fused-ring (bicyclic) bond motifs is 3. The summed E-state index contributed by atoms with van der Waals surface area (Å²) in [6.07, 6.45) is 10.5. The average molecular weight is 425 g/mol. The van der Waals surface area contributed by atoms with Crippen LogP contribution < -0.4 is 26.7 Å². The predicted molar refractivity (Wildman–Crippen MR) is 127 cm³/mol. The summed E-state index contributed by atoms with van der Waals surface area (Å²) < 4.78 is 2.65. The Morgan fingerprint density at radius 1 is 1.12 bits per heavy atom. The molecule has 6 heteroatoms. The molecule has 0 saturated heterocycles. The van der Waals surface area contributed by atoms with Gasteiger partial charge in [-0.15, -0.1) is 0 Å². The minimum absolute atomic E-state index is 0.0250. The molecular weight excluding hydrogens is 400 g/mol. The molecule has 0 saturated carbocycles. The van der Waals surface area contributed by atoms with Crippen molar-refractivity contribution in [2.24, 2.45) is 14.1 Å². The van der Waals surface area contributed by atoms with E-state index in [1.807, 2.05) is 30.5 Å². The quantitative estimate of drug-likeness (QED) is 0.690. The zero-order valence-electron chi connectivity index (χ0n) is 18.6. The molecule has 4 rings (SSSR count). The number of nitrogens with zero attached hydrogens (tertiary/aromatic N) is 4. The van der Waals surface area contributed by atoms with Gasteiger partial charge in [-0.1, -0.05) is 44.7 Å². The Bertz CT molecular complexity index is 1490. The predicted octanol–water partition coefficient (Wildman–Crippen LogP) is 1.86. The summed E-state index contributed by atoms with van der Waals surface area (Å²) in [5.41, 5.74) is 3.97. The maximum Gasteiger partial charge on any atom is 0.264 e. The number of hydrogen-bond acceptors (Lipinski definition) is 4. The summed E-state index contributed by atoms with van der Waals surface area (Å²) in [5, 5.41) is 9.79. The van der Waals surface area contributed by atoms with Crippen molar-refractivity contribution in [3.05, 3.63) is 109 Å². The van der Waals surface area contributed by atoms with E-state index < -0.39 is 11.1 Å². The van der Waals surface area contributed by atoms with Crippen molar-refractivity contribution in [2.45, 2.75) is 19.3 Å². The van der Waals surface area contributed by atoms with Crippen molar-refractivity contribution in [2.75, 3.05) is 4.90 Å². The Morgan fingerprint density at radius 3 is 2.44 bits per heavy atom. The van der Waals surface area contributed by atoms with Crippen LogP contribution in [0.1, 0.15) is 19.4 Å². The third-order valence-corrected chi connectivity index (χ3v) is 6.23. The van der Waals surface area contributed by atoms with Crippen molar-refractivity contribution < 1.29 is 0 Å². The fourth-order valence-electron chi connectivity index (χ4n) is 4.20. The van der Waals surface area contributed by atoms with Gasteiger partial charge < -0.3 is 4.90 Å². The molecule has 0 bridgehead atoms. The van der Waals surface area contributed by atoms with E-state index in [-0.39, 0.29) is 10.6 Å². The van der Waals surface area contributed by atoms with Crippen LogP contribution >= 0.6 is 0 Å². The van der Waals surface area contributed by atoms with Gasteiger partial charge in [0.1, 0.15) is 10.7 Å². The molecule has 1 aromatic carbocycles. The molecule has 0 spiro atoms. The third kappa shape index (κ3) is 3.10. The van der Waals surface area contributed by atoms with E-state index in [0.29, 0.717) is 11.1 Å². The van der Waals surface area contributed by atoms with Gasteiger partial charge in [0.2, 0.25) is 0 Å². The summed E-state index contributed by atoms with van der Waals surface area (Å²) in [5.74, 6) is 0. The topological polar surface area (TPSA) is 71.0 Å². The molecule has 32 heavy (non-hydrogen) atoms. The normalized spacial score (nSPS) is 17.6. The van der Waals surface area contributed by atoms with Gasteiger partial charge in [0, 0.05) is 37.1 Å². The Kier molecular flexibility index (Phi) is 4.98. The lowest BCUT2D eigenvalue weighted by molar-refractivity contribution is 0.641. The molecule has 2 aromatic rings. The maximum atomic E-state index is 12.5. The Balaban J connectivity index is 1.78. The van der Waals surface area contributed by atoms with Gasteiger partial charge in [0.25, 0.3) is 11.1 Å². The van der Waals surface area contributed by atoms with Gasteiger partial charge in [-0.2, -0.15) is 5.26 Å². The van der Waals surface area contributed by atoms with E-state index in [4.69, 9.17) is 0 Å². The zero-order chi connectivity index (χ0) is 23.2. The van der Waals surface area contributed by atoms with Crippen molar-refractivity contribution in [3.63, 3.8) is 0 Å². The number of para-hydroxylation sites is 1. The molecule has 0 fully saturated rings. The van der Waals surface area contributed by atoms with Crippen LogP contribution in [0.25, 0.3) is 12.7 Å². The first-order valence-corrected chi connectivity index (χ1v) is 10.3. The van der Waals surface area contributed by atoms with Crippen molar-refractivity contribution in [3.8, 4) is 6.07 Å². The highest BCUT2D eigenvalue weighted by molar-refractivity contribution is 5.75. The number of nitriles is 1. The Morgan fingerprint density at radius 2 is 1.78 bits per heavy atom. The summed E-state index contributed by atoms with van der Waals surface area (Å²) in [7, 11) is 3.14. The van der Waals surface area contributed by atoms with Crippen molar-refractivity contribution in [1.82, 2.24) is 9.13 Å². The lowest BCUT2D eigenvalue weighted by Gasteiger charge is -2.27. The fraction of sp³-hybridized carbons (Fsp3) is 0.192. The van der Waals surface area contributed by atoms with Crippen LogP contribution in [-0.4, -0.2) is 9.13 Å². The first kappa shape index (κ1) is 21.1. The molecule has 6 nitrogen and oxygen atoms in total. The highest BCUT2D eigenvalue weighted by atomic mass is 16.1. The number of allylic oxidation sites excluding steroid dienone is 7. The lowest BCUT2D eigenvalue weighted by Crippen LogP contribution is -2.56. The van der Waals surface area contributed by atoms with Gasteiger partial charge in [-0.3, -0.25) is 18.7 Å². The minimum atomic E-state index is -0.422. The number of rotatable bonds is 2. The molecule has 0 N–H and O–H groups in total. The van der Waals surface area contributed by atoms with E-state index in [1.165, 1.54) is 20.8 Å². The molecule has 2 aliphatic rings. The molecule has 0 amide bonds. The van der Waals surface area contributed by atoms with Crippen LogP contribution in [0.4, 0.5) is 5.69 Å². The molecule has 0 atom stereocenters. The van der Waals surface area contributed by atoms with Gasteiger partial charge in [-0.25, -0.2) is 0 Å². The van der Waals surface area contributed by atoms with Crippen LogP contribution in [0.3, 0.4) is 0 Å². The zero-order valence-corrected chi connectivity index (χ0v) is 18.6. The highest BCUT2D eigenvalue weighted by Crippen LogP contribution is 2.49. The van der Waals surface area contributed by atoms with Gasteiger partial charge in [0.15, 0.2) is 0 Å². The summed E-state index contributed by atoms with van der Waals surface area (Å²) in [6, 6.07) is 10.5. The number of hydrogen-bond donors (Lipinski definition) is 0. The van der Waals surface area contributed by atoms with Crippen LogP contribution in [0.15, 0.2) is 81.2 Å². The second-order valence-corrected chi connectivity index (χ2v) is 8.42. The van der Waals surface area contributed by atoms with Crippen LogP contribution in [0.2, 0.25) is 0 Å². The van der Waals surface area contributed by atoms with E-state index in [0.717, 1.165) is 17.0 Å². The first-order chi connectivity index (χ1) is 15.2. The second kappa shape index (κ2) is 7.54. The summed E-state index contributed by atoms with van der Waals surface area (Å²) >= 11 is 0. The van der Waals surface area contributed by atoms with Gasteiger partial charge >= 0.3 is 0 Å². The van der Waals surface area contributed by atoms with Crippen LogP contribution in [0.5, 0.6) is 0 Å². The molecule has 3 heterocycles. The first-order valence-electron chi connectivity index (χ1n) is 10.3. The molecule has 2 aliphatic heterocycles. The molecule has 160 valence electrons. The maximum absolute atomic E-state index is 12.5. The van der Waals surface area contributed by atoms with Crippen LogP contribution in [0, 0.1) is 11.3 Å². The van der Waals surface area contributed by atoms with Crippen molar-refractivity contribution >= 4 is 18.3 Å². The van der Waals surface area contributed by atoms with Gasteiger partial charge in [0.05, 0.1) is 11.6 Å². The fourth-order valence-corrected chi connectivity index (χ4v) is 4.20. The number of aromatic nitrogens is 2. The van der Waals surface area contributed by atoms with Crippen molar-refractivity contribution in [1.29, 1.82) is 5.26 Å². The van der Waals surface area contributed by atoms with E-state index in [1.54, 1.807) is 26.2 Å². The largest absolute Gasteiger partial charge is 0.320 e. The monoisotopic (exact) mass is 424 g/mol.